The summed E-state index contributed by atoms with van der Waals surface area (Å²) in [5, 5.41) is 21.2. The Hall–Kier alpha value is -2.07. The molecule has 1 atom stereocenters. The van der Waals surface area contributed by atoms with E-state index in [2.05, 4.69) is 21.2 Å². The number of amides is 1. The van der Waals surface area contributed by atoms with Gasteiger partial charge in [0.1, 0.15) is 16.9 Å². The van der Waals surface area contributed by atoms with Gasteiger partial charge in [-0.25, -0.2) is 4.79 Å². The Balaban J connectivity index is 2.67. The summed E-state index contributed by atoms with van der Waals surface area (Å²) in [6, 6.07) is 6.33. The van der Waals surface area contributed by atoms with Crippen molar-refractivity contribution in [3.05, 3.63) is 28.2 Å². The van der Waals surface area contributed by atoms with Crippen LogP contribution in [-0.4, -0.2) is 29.1 Å². The first-order valence-electron chi connectivity index (χ1n) is 6.57. The van der Waals surface area contributed by atoms with Gasteiger partial charge in [0.2, 0.25) is 0 Å². The van der Waals surface area contributed by atoms with Crippen LogP contribution in [0.1, 0.15) is 31.1 Å². The molecular weight excluding hydrogens is 352 g/mol. The first kappa shape index (κ1) is 18.0. The highest BCUT2D eigenvalue weighted by atomic mass is 79.9. The molecule has 0 fully saturated rings. The van der Waals surface area contributed by atoms with Gasteiger partial charge in [-0.2, -0.15) is 5.26 Å². The molecule has 7 heteroatoms. The van der Waals surface area contributed by atoms with Gasteiger partial charge in [0.15, 0.2) is 6.61 Å². The predicted molar refractivity (Wildman–Crippen MR) is 83.1 cm³/mol. The van der Waals surface area contributed by atoms with E-state index in [0.29, 0.717) is 4.47 Å². The van der Waals surface area contributed by atoms with Crippen LogP contribution in [0.15, 0.2) is 22.7 Å². The second-order valence-corrected chi connectivity index (χ2v) is 6.17. The van der Waals surface area contributed by atoms with Crippen molar-refractivity contribution in [2.45, 2.75) is 26.3 Å². The predicted octanol–water partition coefficient (Wildman–Crippen LogP) is 2.37. The molecular formula is C15H17BrN2O4. The number of hydrogen-bond acceptors (Lipinski definition) is 5. The van der Waals surface area contributed by atoms with E-state index in [1.807, 2.05) is 6.07 Å². The molecule has 0 unspecified atom stereocenters. The molecule has 1 aromatic carbocycles. The topological polar surface area (TPSA) is 99.4 Å². The van der Waals surface area contributed by atoms with Crippen LogP contribution in [0.3, 0.4) is 0 Å². The standard InChI is InChI=1S/C15H17BrN2O4/c1-9(2)15(3,8-17)18-13(20)7-22-14(21)11-6-10(16)4-5-12(11)19/h4-6,9,19H,7H2,1-3H3,(H,18,20)/t15-/m1/s1. The van der Waals surface area contributed by atoms with Crippen LogP contribution in [0, 0.1) is 17.2 Å². The molecule has 1 amide bonds. The number of phenolic OH excluding ortho intramolecular Hbond substituents is 1. The molecule has 0 heterocycles. The van der Waals surface area contributed by atoms with Gasteiger partial charge < -0.3 is 15.2 Å². The summed E-state index contributed by atoms with van der Waals surface area (Å²) in [5.74, 6) is -1.75. The third-order valence-corrected chi connectivity index (χ3v) is 3.79. The average Bonchev–Trinajstić information content (AvgIpc) is 2.46. The fourth-order valence-corrected chi connectivity index (χ4v) is 1.87. The van der Waals surface area contributed by atoms with Gasteiger partial charge in [0.25, 0.3) is 5.91 Å². The summed E-state index contributed by atoms with van der Waals surface area (Å²) in [6.45, 7) is 4.66. The highest BCUT2D eigenvalue weighted by Crippen LogP contribution is 2.22. The number of aromatic hydroxyl groups is 1. The highest BCUT2D eigenvalue weighted by Gasteiger charge is 2.30. The number of benzene rings is 1. The molecule has 0 aliphatic carbocycles. The van der Waals surface area contributed by atoms with Crippen LogP contribution in [-0.2, 0) is 9.53 Å². The molecule has 1 aromatic rings. The van der Waals surface area contributed by atoms with E-state index in [9.17, 15) is 14.7 Å². The number of nitrogens with one attached hydrogen (secondary N) is 1. The van der Waals surface area contributed by atoms with E-state index in [1.165, 1.54) is 12.1 Å². The average molecular weight is 369 g/mol. The molecule has 0 aliphatic heterocycles. The monoisotopic (exact) mass is 368 g/mol. The number of hydrogen-bond donors (Lipinski definition) is 2. The summed E-state index contributed by atoms with van der Waals surface area (Å²) >= 11 is 3.18. The molecule has 0 radical (unpaired) electrons. The third-order valence-electron chi connectivity index (χ3n) is 3.30. The minimum Gasteiger partial charge on any atom is -0.507 e. The number of carbonyl (C=O) groups is 2. The Morgan fingerprint density at radius 1 is 1.50 bits per heavy atom. The van der Waals surface area contributed by atoms with Gasteiger partial charge in [0.05, 0.1) is 6.07 Å². The van der Waals surface area contributed by atoms with E-state index in [0.717, 1.165) is 0 Å². The Labute approximate surface area is 137 Å². The fraction of sp³-hybridized carbons (Fsp3) is 0.400. The minimum absolute atomic E-state index is 0.0471. The van der Waals surface area contributed by atoms with E-state index in [-0.39, 0.29) is 17.2 Å². The van der Waals surface area contributed by atoms with E-state index < -0.39 is 24.0 Å². The molecule has 2 N–H and O–H groups in total. The number of halogens is 1. The van der Waals surface area contributed by atoms with Crippen LogP contribution in [0.2, 0.25) is 0 Å². The zero-order valence-electron chi connectivity index (χ0n) is 12.5. The lowest BCUT2D eigenvalue weighted by Gasteiger charge is -2.27. The number of carbonyl (C=O) groups excluding carboxylic acids is 2. The first-order valence-corrected chi connectivity index (χ1v) is 7.37. The number of nitrogens with zero attached hydrogens (tertiary/aromatic N) is 1. The minimum atomic E-state index is -1.04. The number of esters is 1. The van der Waals surface area contributed by atoms with Crippen molar-refractivity contribution in [3.63, 3.8) is 0 Å². The van der Waals surface area contributed by atoms with Gasteiger partial charge in [-0.1, -0.05) is 29.8 Å². The lowest BCUT2D eigenvalue weighted by Crippen LogP contribution is -2.50. The zero-order valence-corrected chi connectivity index (χ0v) is 14.1. The van der Waals surface area contributed by atoms with Gasteiger partial charge in [-0.3, -0.25) is 4.79 Å². The largest absolute Gasteiger partial charge is 0.507 e. The van der Waals surface area contributed by atoms with Crippen molar-refractivity contribution < 1.29 is 19.4 Å². The summed E-state index contributed by atoms with van der Waals surface area (Å²) < 4.78 is 5.45. The van der Waals surface area contributed by atoms with Crippen LogP contribution in [0.5, 0.6) is 5.75 Å². The highest BCUT2D eigenvalue weighted by molar-refractivity contribution is 9.10. The Morgan fingerprint density at radius 3 is 2.68 bits per heavy atom. The smallest absolute Gasteiger partial charge is 0.342 e. The van der Waals surface area contributed by atoms with Crippen LogP contribution >= 0.6 is 15.9 Å². The molecule has 0 saturated heterocycles. The molecule has 6 nitrogen and oxygen atoms in total. The zero-order chi connectivity index (χ0) is 16.9. The molecule has 1 rings (SSSR count). The maximum Gasteiger partial charge on any atom is 0.342 e. The van der Waals surface area contributed by atoms with Gasteiger partial charge >= 0.3 is 5.97 Å². The van der Waals surface area contributed by atoms with E-state index in [1.54, 1.807) is 26.8 Å². The van der Waals surface area contributed by atoms with Crippen molar-refractivity contribution >= 4 is 27.8 Å². The molecule has 0 aromatic heterocycles. The molecule has 0 saturated carbocycles. The summed E-state index contributed by atoms with van der Waals surface area (Å²) in [6.07, 6.45) is 0. The number of ether oxygens (including phenoxy) is 1. The van der Waals surface area contributed by atoms with Gasteiger partial charge in [-0.05, 0) is 31.0 Å². The Bertz CT molecular complexity index is 624. The van der Waals surface area contributed by atoms with Crippen molar-refractivity contribution in [2.24, 2.45) is 5.92 Å². The van der Waals surface area contributed by atoms with Crippen molar-refractivity contribution in [3.8, 4) is 11.8 Å². The molecule has 118 valence electrons. The second kappa shape index (κ2) is 7.27. The molecule has 0 spiro atoms. The Kier molecular flexibility index (Phi) is 5.94. The maximum absolute atomic E-state index is 11.8. The number of nitriles is 1. The van der Waals surface area contributed by atoms with Crippen LogP contribution in [0.4, 0.5) is 0 Å². The van der Waals surface area contributed by atoms with Crippen LogP contribution < -0.4 is 5.32 Å². The normalized spacial score (nSPS) is 13.1. The van der Waals surface area contributed by atoms with E-state index >= 15 is 0 Å². The van der Waals surface area contributed by atoms with Gasteiger partial charge in [0, 0.05) is 4.47 Å². The third kappa shape index (κ3) is 4.46. The molecule has 0 aliphatic rings. The van der Waals surface area contributed by atoms with Crippen molar-refractivity contribution in [1.82, 2.24) is 5.32 Å². The molecule has 0 bridgehead atoms. The quantitative estimate of drug-likeness (QED) is 0.777. The lowest BCUT2D eigenvalue weighted by molar-refractivity contribution is -0.125. The lowest BCUT2D eigenvalue weighted by atomic mass is 9.90. The maximum atomic E-state index is 11.8. The van der Waals surface area contributed by atoms with Crippen molar-refractivity contribution in [2.75, 3.05) is 6.61 Å². The summed E-state index contributed by atoms with van der Waals surface area (Å²) in [5.41, 5.74) is -1.09. The summed E-state index contributed by atoms with van der Waals surface area (Å²) in [4.78, 5) is 23.6. The van der Waals surface area contributed by atoms with E-state index in [4.69, 9.17) is 10.00 Å². The van der Waals surface area contributed by atoms with Crippen molar-refractivity contribution in [1.29, 1.82) is 5.26 Å². The number of rotatable bonds is 5. The summed E-state index contributed by atoms with van der Waals surface area (Å²) in [7, 11) is 0. The van der Waals surface area contributed by atoms with Gasteiger partial charge in [-0.15, -0.1) is 0 Å². The second-order valence-electron chi connectivity index (χ2n) is 5.25. The number of phenols is 1. The molecule has 22 heavy (non-hydrogen) atoms. The first-order chi connectivity index (χ1) is 10.2. The SMILES string of the molecule is CC(C)[C@@](C)(C#N)NC(=O)COC(=O)c1cc(Br)ccc1O. The van der Waals surface area contributed by atoms with Crippen LogP contribution in [0.25, 0.3) is 0 Å². The fourth-order valence-electron chi connectivity index (χ4n) is 1.51. The Morgan fingerprint density at radius 2 is 2.14 bits per heavy atom.